The lowest BCUT2D eigenvalue weighted by atomic mass is 9.93. The largest absolute Gasteiger partial charge is 0.394 e. The van der Waals surface area contributed by atoms with Crippen LogP contribution in [0.25, 0.3) is 11.2 Å². The Morgan fingerprint density at radius 1 is 1.48 bits per heavy atom. The molecule has 2 aromatic rings. The van der Waals surface area contributed by atoms with Crippen molar-refractivity contribution < 1.29 is 20.1 Å². The maximum atomic E-state index is 10.3. The van der Waals surface area contributed by atoms with Gasteiger partial charge in [0.15, 0.2) is 23.3 Å². The second kappa shape index (κ2) is 4.64. The van der Waals surface area contributed by atoms with Crippen molar-refractivity contribution in [1.82, 2.24) is 19.5 Å². The number of aromatic nitrogens is 4. The third-order valence-electron chi connectivity index (χ3n) is 3.57. The predicted octanol–water partition coefficient (Wildman–Crippen LogP) is -1.98. The monoisotopic (exact) mass is 291 g/mol. The molecule has 9 heteroatoms. The molecule has 0 bridgehead atoms. The number of hydrogen-bond donors (Lipinski definition) is 4. The van der Waals surface area contributed by atoms with E-state index in [4.69, 9.17) is 16.9 Å². The third kappa shape index (κ3) is 1.78. The number of imidazole rings is 1. The van der Waals surface area contributed by atoms with E-state index in [9.17, 15) is 15.3 Å². The standard InChI is InChI=1S/C12H13N5O4/c1-2-12(20)6(3-18)21-11(8(12)19)17-5-16-7-9(13)14-4-15-10(7)17/h1,4-6,8,11,18-20H,3H2,(H2,13,14,15)/t6-,8+,11-,12-/m1/s1. The Kier molecular flexibility index (Phi) is 3.03. The molecule has 1 aliphatic rings. The number of nitrogen functional groups attached to an aromatic ring is 1. The molecule has 4 atom stereocenters. The van der Waals surface area contributed by atoms with Crippen molar-refractivity contribution in [2.24, 2.45) is 0 Å². The van der Waals surface area contributed by atoms with Crippen LogP contribution in [-0.2, 0) is 4.74 Å². The molecule has 0 aliphatic carbocycles. The van der Waals surface area contributed by atoms with Gasteiger partial charge in [-0.05, 0) is 0 Å². The van der Waals surface area contributed by atoms with Crippen LogP contribution >= 0.6 is 0 Å². The number of aliphatic hydroxyl groups excluding tert-OH is 2. The second-order valence-corrected chi connectivity index (χ2v) is 4.70. The Hall–Kier alpha value is -2.25. The van der Waals surface area contributed by atoms with Crippen LogP contribution in [0.2, 0.25) is 0 Å². The van der Waals surface area contributed by atoms with Crippen LogP contribution in [0.5, 0.6) is 0 Å². The molecule has 2 aromatic heterocycles. The molecule has 3 heterocycles. The summed E-state index contributed by atoms with van der Waals surface area (Å²) in [4.78, 5) is 11.9. The smallest absolute Gasteiger partial charge is 0.183 e. The Balaban J connectivity index is 2.08. The average Bonchev–Trinajstić information content (AvgIpc) is 3.01. The first-order valence-corrected chi connectivity index (χ1v) is 6.10. The van der Waals surface area contributed by atoms with Crippen molar-refractivity contribution in [3.8, 4) is 12.3 Å². The van der Waals surface area contributed by atoms with Gasteiger partial charge in [0, 0.05) is 0 Å². The van der Waals surface area contributed by atoms with Crippen molar-refractivity contribution in [3.05, 3.63) is 12.7 Å². The summed E-state index contributed by atoms with van der Waals surface area (Å²) < 4.78 is 6.84. The third-order valence-corrected chi connectivity index (χ3v) is 3.57. The van der Waals surface area contributed by atoms with Crippen LogP contribution in [-0.4, -0.2) is 59.3 Å². The van der Waals surface area contributed by atoms with E-state index in [-0.39, 0.29) is 5.82 Å². The molecule has 110 valence electrons. The molecule has 1 aliphatic heterocycles. The second-order valence-electron chi connectivity index (χ2n) is 4.70. The Bertz CT molecular complexity index is 726. The molecule has 1 saturated heterocycles. The average molecular weight is 291 g/mol. The van der Waals surface area contributed by atoms with Gasteiger partial charge < -0.3 is 25.8 Å². The Labute approximate surface area is 119 Å². The van der Waals surface area contributed by atoms with Gasteiger partial charge in [-0.1, -0.05) is 5.92 Å². The van der Waals surface area contributed by atoms with E-state index in [1.807, 2.05) is 0 Å². The summed E-state index contributed by atoms with van der Waals surface area (Å²) >= 11 is 0. The molecule has 0 spiro atoms. The Morgan fingerprint density at radius 3 is 2.86 bits per heavy atom. The fourth-order valence-corrected chi connectivity index (χ4v) is 2.39. The molecule has 3 rings (SSSR count). The molecule has 0 aromatic carbocycles. The fraction of sp³-hybridized carbons (Fsp3) is 0.417. The van der Waals surface area contributed by atoms with Crippen LogP contribution in [0.3, 0.4) is 0 Å². The molecule has 21 heavy (non-hydrogen) atoms. The Morgan fingerprint density at radius 2 is 2.24 bits per heavy atom. The maximum Gasteiger partial charge on any atom is 0.183 e. The van der Waals surface area contributed by atoms with Crippen LogP contribution in [0.15, 0.2) is 12.7 Å². The van der Waals surface area contributed by atoms with E-state index in [1.165, 1.54) is 17.2 Å². The molecule has 0 radical (unpaired) electrons. The van der Waals surface area contributed by atoms with Crippen LogP contribution in [0.4, 0.5) is 5.82 Å². The molecule has 9 nitrogen and oxygen atoms in total. The maximum absolute atomic E-state index is 10.3. The summed E-state index contributed by atoms with van der Waals surface area (Å²) in [6, 6.07) is 0. The topological polar surface area (TPSA) is 140 Å². The molecule has 5 N–H and O–H groups in total. The summed E-state index contributed by atoms with van der Waals surface area (Å²) in [6.45, 7) is -0.544. The summed E-state index contributed by atoms with van der Waals surface area (Å²) in [6.07, 6.45) is 4.20. The molecule has 0 saturated carbocycles. The highest BCUT2D eigenvalue weighted by molar-refractivity contribution is 5.81. The van der Waals surface area contributed by atoms with Gasteiger partial charge in [-0.2, -0.15) is 0 Å². The zero-order chi connectivity index (χ0) is 15.2. The summed E-state index contributed by atoms with van der Waals surface area (Å²) in [5.41, 5.74) is 4.34. The van der Waals surface area contributed by atoms with Gasteiger partial charge in [0.2, 0.25) is 0 Å². The zero-order valence-corrected chi connectivity index (χ0v) is 10.8. The van der Waals surface area contributed by atoms with Gasteiger partial charge in [0.25, 0.3) is 0 Å². The molecular weight excluding hydrogens is 278 g/mol. The number of rotatable bonds is 2. The summed E-state index contributed by atoms with van der Waals surface area (Å²) in [5.74, 6) is 2.25. The van der Waals surface area contributed by atoms with E-state index in [1.54, 1.807) is 0 Å². The first-order valence-electron chi connectivity index (χ1n) is 6.10. The minimum Gasteiger partial charge on any atom is -0.394 e. The highest BCUT2D eigenvalue weighted by Crippen LogP contribution is 2.38. The first kappa shape index (κ1) is 13.7. The SMILES string of the molecule is C#C[C@@]1(O)[C@@H](CO)O[C@@H](n2cnc3c(N)ncnc32)[C@@H]1O. The molecule has 0 unspecified atom stereocenters. The van der Waals surface area contributed by atoms with E-state index in [0.29, 0.717) is 11.2 Å². The lowest BCUT2D eigenvalue weighted by Crippen LogP contribution is -2.47. The molecule has 1 fully saturated rings. The van der Waals surface area contributed by atoms with Crippen LogP contribution in [0, 0.1) is 12.3 Å². The van der Waals surface area contributed by atoms with Crippen molar-refractivity contribution in [2.75, 3.05) is 12.3 Å². The molecule has 0 amide bonds. The van der Waals surface area contributed by atoms with Crippen LogP contribution < -0.4 is 5.73 Å². The highest BCUT2D eigenvalue weighted by atomic mass is 16.6. The van der Waals surface area contributed by atoms with Gasteiger partial charge in [0.1, 0.15) is 24.1 Å². The number of terminal acetylenes is 1. The van der Waals surface area contributed by atoms with Crippen molar-refractivity contribution >= 4 is 17.0 Å². The minimum atomic E-state index is -2.01. The van der Waals surface area contributed by atoms with Gasteiger partial charge in [-0.3, -0.25) is 4.57 Å². The quantitative estimate of drug-likeness (QED) is 0.467. The number of hydrogen-bond acceptors (Lipinski definition) is 8. The molecular formula is C12H13N5O4. The van der Waals surface area contributed by atoms with Gasteiger partial charge >= 0.3 is 0 Å². The number of aliphatic hydroxyl groups is 3. The number of nitrogens with two attached hydrogens (primary N) is 1. The number of nitrogens with zero attached hydrogens (tertiary/aromatic N) is 4. The van der Waals surface area contributed by atoms with Crippen molar-refractivity contribution in [3.63, 3.8) is 0 Å². The summed E-state index contributed by atoms with van der Waals surface area (Å²) in [5, 5.41) is 29.8. The van der Waals surface area contributed by atoms with Gasteiger partial charge in [-0.15, -0.1) is 6.42 Å². The lowest BCUT2D eigenvalue weighted by Gasteiger charge is -2.23. The summed E-state index contributed by atoms with van der Waals surface area (Å²) in [7, 11) is 0. The van der Waals surface area contributed by atoms with E-state index >= 15 is 0 Å². The lowest BCUT2D eigenvalue weighted by molar-refractivity contribution is -0.0605. The van der Waals surface area contributed by atoms with E-state index < -0.39 is 30.6 Å². The predicted molar refractivity (Wildman–Crippen MR) is 70.5 cm³/mol. The van der Waals surface area contributed by atoms with Crippen LogP contribution in [0.1, 0.15) is 6.23 Å². The van der Waals surface area contributed by atoms with E-state index in [2.05, 4.69) is 20.9 Å². The van der Waals surface area contributed by atoms with Crippen molar-refractivity contribution in [1.29, 1.82) is 0 Å². The number of ether oxygens (including phenoxy) is 1. The minimum absolute atomic E-state index is 0.178. The first-order chi connectivity index (χ1) is 10.0. The van der Waals surface area contributed by atoms with Crippen molar-refractivity contribution in [2.45, 2.75) is 24.0 Å². The van der Waals surface area contributed by atoms with Gasteiger partial charge in [0.05, 0.1) is 12.9 Å². The van der Waals surface area contributed by atoms with Gasteiger partial charge in [-0.25, -0.2) is 15.0 Å². The fourth-order valence-electron chi connectivity index (χ4n) is 2.39. The normalized spacial score (nSPS) is 32.4. The van der Waals surface area contributed by atoms with E-state index in [0.717, 1.165) is 0 Å². The zero-order valence-electron chi connectivity index (χ0n) is 10.8. The number of fused-ring (bicyclic) bond motifs is 1. The number of anilines is 1. The highest BCUT2D eigenvalue weighted by Gasteiger charge is 2.55.